The molecule has 0 fully saturated rings. The van der Waals surface area contributed by atoms with Crippen LogP contribution in [0.5, 0.6) is 0 Å². The first-order valence-corrected chi connectivity index (χ1v) is 7.34. The summed E-state index contributed by atoms with van der Waals surface area (Å²) in [6.45, 7) is 4.16. The van der Waals surface area contributed by atoms with Crippen molar-refractivity contribution in [2.24, 2.45) is 0 Å². The molecule has 6 heteroatoms. The summed E-state index contributed by atoms with van der Waals surface area (Å²) in [6, 6.07) is 2.16. The molecule has 0 spiro atoms. The van der Waals surface area contributed by atoms with Crippen LogP contribution in [0.3, 0.4) is 0 Å². The number of nitrogens with one attached hydrogen (secondary N) is 1. The van der Waals surface area contributed by atoms with E-state index >= 15 is 0 Å². The Bertz CT molecular complexity index is 470. The largest absolute Gasteiger partial charge is 0.479 e. The van der Waals surface area contributed by atoms with Crippen LogP contribution in [0.25, 0.3) is 0 Å². The Hall–Kier alpha value is -1.40. The number of aliphatic carboxylic acids is 1. The number of carbonyl (C=O) groups excluding carboxylic acids is 1. The van der Waals surface area contributed by atoms with Crippen LogP contribution in [0.2, 0.25) is 0 Å². The zero-order valence-electron chi connectivity index (χ0n) is 12.1. The Balaban J connectivity index is 2.26. The first-order chi connectivity index (χ1) is 9.43. The molecule has 2 N–H and O–H groups in total. The van der Waals surface area contributed by atoms with E-state index in [1.807, 2.05) is 0 Å². The van der Waals surface area contributed by atoms with Gasteiger partial charge in [-0.05, 0) is 38.3 Å². The number of thiophene rings is 1. The van der Waals surface area contributed by atoms with Crippen molar-refractivity contribution in [3.8, 4) is 0 Å². The first-order valence-electron chi connectivity index (χ1n) is 6.52. The molecule has 1 heterocycles. The number of hydrogen-bond acceptors (Lipinski definition) is 4. The van der Waals surface area contributed by atoms with Crippen molar-refractivity contribution in [3.05, 3.63) is 21.4 Å². The second-order valence-corrected chi connectivity index (χ2v) is 6.12. The summed E-state index contributed by atoms with van der Waals surface area (Å²) in [5, 5.41) is 11.3. The normalized spacial score (nSPS) is 12.2. The molecular weight excluding hydrogens is 278 g/mol. The van der Waals surface area contributed by atoms with E-state index in [0.29, 0.717) is 6.42 Å². The highest BCUT2D eigenvalue weighted by molar-refractivity contribution is 7.12. The Kier molecular flexibility index (Phi) is 6.67. The van der Waals surface area contributed by atoms with Crippen LogP contribution < -0.4 is 5.32 Å². The van der Waals surface area contributed by atoms with Gasteiger partial charge < -0.3 is 15.2 Å². The molecule has 0 aliphatic carbocycles. The van der Waals surface area contributed by atoms with Crippen LogP contribution >= 0.6 is 11.3 Å². The van der Waals surface area contributed by atoms with Gasteiger partial charge in [-0.25, -0.2) is 4.79 Å². The van der Waals surface area contributed by atoms with E-state index in [2.05, 4.69) is 25.2 Å². The van der Waals surface area contributed by atoms with Crippen LogP contribution in [-0.4, -0.2) is 36.7 Å². The Labute approximate surface area is 123 Å². The van der Waals surface area contributed by atoms with Gasteiger partial charge >= 0.3 is 5.97 Å². The fourth-order valence-electron chi connectivity index (χ4n) is 1.94. The predicted molar refractivity (Wildman–Crippen MR) is 78.2 cm³/mol. The maximum atomic E-state index is 11.6. The maximum Gasteiger partial charge on any atom is 0.334 e. The van der Waals surface area contributed by atoms with Crippen molar-refractivity contribution < 1.29 is 19.4 Å². The smallest absolute Gasteiger partial charge is 0.334 e. The molecule has 20 heavy (non-hydrogen) atoms. The number of aryl methyl sites for hydroxylation is 3. The molecule has 0 aromatic carbocycles. The standard InChI is InChI=1S/C14H21NO4S/c1-9-7-11(10(2)20-9)5-4-6-13(16)15-8-12(19-3)14(17)18/h7,12H,4-6,8H2,1-3H3,(H,15,16)(H,17,18). The highest BCUT2D eigenvalue weighted by Gasteiger charge is 2.16. The van der Waals surface area contributed by atoms with Gasteiger partial charge in [0.05, 0.1) is 6.54 Å². The molecular formula is C14H21NO4S. The minimum atomic E-state index is -1.07. The van der Waals surface area contributed by atoms with E-state index in [-0.39, 0.29) is 12.5 Å². The first kappa shape index (κ1) is 16.7. The Morgan fingerprint density at radius 1 is 1.45 bits per heavy atom. The van der Waals surface area contributed by atoms with Crippen molar-refractivity contribution >= 4 is 23.2 Å². The topological polar surface area (TPSA) is 75.6 Å². The molecule has 0 bridgehead atoms. The van der Waals surface area contributed by atoms with E-state index < -0.39 is 12.1 Å². The van der Waals surface area contributed by atoms with Crippen molar-refractivity contribution in [1.29, 1.82) is 0 Å². The summed E-state index contributed by atoms with van der Waals surface area (Å²) in [7, 11) is 1.31. The minimum Gasteiger partial charge on any atom is -0.479 e. The van der Waals surface area contributed by atoms with E-state index in [4.69, 9.17) is 9.84 Å². The molecule has 1 unspecified atom stereocenters. The van der Waals surface area contributed by atoms with Gasteiger partial charge in [-0.1, -0.05) is 0 Å². The maximum absolute atomic E-state index is 11.6. The van der Waals surface area contributed by atoms with Crippen molar-refractivity contribution in [2.45, 2.75) is 39.2 Å². The van der Waals surface area contributed by atoms with E-state index in [0.717, 1.165) is 12.8 Å². The molecule has 1 rings (SSSR count). The number of amides is 1. The van der Waals surface area contributed by atoms with Gasteiger partial charge in [-0.2, -0.15) is 0 Å². The fraction of sp³-hybridized carbons (Fsp3) is 0.571. The third-order valence-corrected chi connectivity index (χ3v) is 4.05. The van der Waals surface area contributed by atoms with Crippen LogP contribution in [0.15, 0.2) is 6.07 Å². The lowest BCUT2D eigenvalue weighted by Gasteiger charge is -2.11. The minimum absolute atomic E-state index is 0.00124. The van der Waals surface area contributed by atoms with Gasteiger partial charge in [0.2, 0.25) is 5.91 Å². The lowest BCUT2D eigenvalue weighted by Crippen LogP contribution is -2.37. The third kappa shape index (κ3) is 5.30. The van der Waals surface area contributed by atoms with Gasteiger partial charge in [0.15, 0.2) is 6.10 Å². The van der Waals surface area contributed by atoms with Gasteiger partial charge in [0.25, 0.3) is 0 Å². The number of hydrogen-bond donors (Lipinski definition) is 2. The number of rotatable bonds is 8. The molecule has 0 radical (unpaired) electrons. The molecule has 1 atom stereocenters. The third-order valence-electron chi connectivity index (χ3n) is 3.04. The molecule has 0 saturated heterocycles. The zero-order valence-corrected chi connectivity index (χ0v) is 12.9. The zero-order chi connectivity index (χ0) is 15.1. The van der Waals surface area contributed by atoms with E-state index in [1.165, 1.54) is 22.4 Å². The molecule has 1 aromatic heterocycles. The van der Waals surface area contributed by atoms with E-state index in [1.54, 1.807) is 11.3 Å². The van der Waals surface area contributed by atoms with Gasteiger partial charge in [0.1, 0.15) is 0 Å². The summed E-state index contributed by atoms with van der Waals surface area (Å²) in [5.41, 5.74) is 1.29. The second kappa shape index (κ2) is 8.01. The number of carbonyl (C=O) groups is 2. The van der Waals surface area contributed by atoms with Gasteiger partial charge in [0, 0.05) is 23.3 Å². The number of carboxylic acids is 1. The molecule has 0 aliphatic rings. The monoisotopic (exact) mass is 299 g/mol. The average molecular weight is 299 g/mol. The molecule has 0 aliphatic heterocycles. The Morgan fingerprint density at radius 3 is 2.65 bits per heavy atom. The lowest BCUT2D eigenvalue weighted by atomic mass is 10.1. The SMILES string of the molecule is COC(CNC(=O)CCCc1cc(C)sc1C)C(=O)O. The summed E-state index contributed by atoms with van der Waals surface area (Å²) < 4.78 is 4.74. The number of methoxy groups -OCH3 is 1. The number of ether oxygens (including phenoxy) is 1. The molecule has 5 nitrogen and oxygen atoms in total. The van der Waals surface area contributed by atoms with Crippen LogP contribution in [0.1, 0.15) is 28.2 Å². The lowest BCUT2D eigenvalue weighted by molar-refractivity contribution is -0.148. The fourth-order valence-corrected chi connectivity index (χ4v) is 2.91. The highest BCUT2D eigenvalue weighted by atomic mass is 32.1. The summed E-state index contributed by atoms with van der Waals surface area (Å²) in [5.74, 6) is -1.21. The van der Waals surface area contributed by atoms with Crippen molar-refractivity contribution in [3.63, 3.8) is 0 Å². The number of carboxylic acid groups (broad SMARTS) is 1. The molecule has 112 valence electrons. The van der Waals surface area contributed by atoms with Crippen LogP contribution in [0, 0.1) is 13.8 Å². The van der Waals surface area contributed by atoms with Crippen LogP contribution in [-0.2, 0) is 20.7 Å². The van der Waals surface area contributed by atoms with Crippen molar-refractivity contribution in [2.75, 3.05) is 13.7 Å². The van der Waals surface area contributed by atoms with E-state index in [9.17, 15) is 9.59 Å². The summed E-state index contributed by atoms with van der Waals surface area (Å²) in [4.78, 5) is 24.9. The quantitative estimate of drug-likeness (QED) is 0.769. The molecule has 1 aromatic rings. The van der Waals surface area contributed by atoms with Crippen molar-refractivity contribution in [1.82, 2.24) is 5.32 Å². The second-order valence-electron chi connectivity index (χ2n) is 4.66. The van der Waals surface area contributed by atoms with Crippen LogP contribution in [0.4, 0.5) is 0 Å². The molecule has 0 saturated carbocycles. The van der Waals surface area contributed by atoms with Gasteiger partial charge in [-0.15, -0.1) is 11.3 Å². The molecule has 1 amide bonds. The average Bonchev–Trinajstić information content (AvgIpc) is 2.68. The summed E-state index contributed by atoms with van der Waals surface area (Å²) >= 11 is 1.77. The summed E-state index contributed by atoms with van der Waals surface area (Å²) in [6.07, 6.45) is 1.04. The Morgan fingerprint density at radius 2 is 2.15 bits per heavy atom. The highest BCUT2D eigenvalue weighted by Crippen LogP contribution is 2.22. The van der Waals surface area contributed by atoms with Gasteiger partial charge in [-0.3, -0.25) is 4.79 Å². The predicted octanol–water partition coefficient (Wildman–Crippen LogP) is 1.90.